The van der Waals surface area contributed by atoms with Gasteiger partial charge in [0.05, 0.1) is 0 Å². The molecule has 0 saturated heterocycles. The first-order valence-electron chi connectivity index (χ1n) is 2.75. The molecule has 0 fully saturated rings. The molecule has 0 heterocycles. The predicted octanol–water partition coefficient (Wildman–Crippen LogP) is 1.62. The van der Waals surface area contributed by atoms with Gasteiger partial charge in [-0.25, -0.2) is 0 Å². The molecule has 8 heavy (non-hydrogen) atoms. The zero-order chi connectivity index (χ0) is 6.08. The van der Waals surface area contributed by atoms with Gasteiger partial charge in [-0.05, 0) is 5.04 Å². The summed E-state index contributed by atoms with van der Waals surface area (Å²) in [4.78, 5) is 0. The van der Waals surface area contributed by atoms with E-state index in [2.05, 4.69) is 33.9 Å². The fraction of sp³-hybridized carbons (Fsp3) is 1.00. The third-order valence-electron chi connectivity index (χ3n) is 1.50. The quantitative estimate of drug-likeness (QED) is 0.433. The summed E-state index contributed by atoms with van der Waals surface area (Å²) in [5, 5.41) is 0.602. The normalized spacial score (nSPS) is 11.2. The van der Waals surface area contributed by atoms with Crippen molar-refractivity contribution in [3.8, 4) is 0 Å². The van der Waals surface area contributed by atoms with E-state index in [1.807, 2.05) is 0 Å². The Bertz CT molecular complexity index is 54.0. The number of hydrogen-bond acceptors (Lipinski definition) is 0. The Kier molecular flexibility index (Phi) is 4.79. The van der Waals surface area contributed by atoms with Crippen molar-refractivity contribution in [2.45, 2.75) is 38.9 Å². The Morgan fingerprint density at radius 3 is 1.12 bits per heavy atom. The molecule has 1 radical (unpaired) electrons. The molecule has 0 atom stereocenters. The average molecular weight is 126 g/mol. The van der Waals surface area contributed by atoms with Gasteiger partial charge in [0.15, 0.2) is 0 Å². The molecule has 0 aliphatic carbocycles. The Labute approximate surface area is 58.5 Å². The second-order valence-corrected chi connectivity index (χ2v) is 6.75. The van der Waals surface area contributed by atoms with E-state index in [-0.39, 0.29) is 18.9 Å². The van der Waals surface area contributed by atoms with Gasteiger partial charge in [0.1, 0.15) is 0 Å². The summed E-state index contributed by atoms with van der Waals surface area (Å²) in [6.07, 6.45) is 0. The summed E-state index contributed by atoms with van der Waals surface area (Å²) in [5.41, 5.74) is 0. The molecule has 0 amide bonds. The fourth-order valence-electron chi connectivity index (χ4n) is 0. The first kappa shape index (κ1) is 11.2. The fourth-order valence-corrected chi connectivity index (χ4v) is 0. The molecule has 0 spiro atoms. The van der Waals surface area contributed by atoms with Gasteiger partial charge in [0.25, 0.3) is 0 Å². The van der Waals surface area contributed by atoms with Crippen molar-refractivity contribution in [3.63, 3.8) is 0 Å². The Morgan fingerprint density at radius 1 is 1.00 bits per heavy atom. The third-order valence-corrected chi connectivity index (χ3v) is 4.50. The van der Waals surface area contributed by atoms with Crippen LogP contribution in [0.1, 0.15) is 20.8 Å². The molecular weight excluding hydrogens is 109 g/mol. The average Bonchev–Trinajstić information content (AvgIpc) is 1.31. The zero-order valence-corrected chi connectivity index (χ0v) is 7.00. The van der Waals surface area contributed by atoms with Crippen LogP contribution in [0.25, 0.3) is 0 Å². The van der Waals surface area contributed by atoms with Gasteiger partial charge in [-0.2, -0.15) is 0 Å². The summed E-state index contributed by atoms with van der Waals surface area (Å²) in [7, 11) is -0.0502. The molecule has 0 N–H and O–H groups in total. The van der Waals surface area contributed by atoms with Gasteiger partial charge in [-0.3, -0.25) is 0 Å². The SMILES string of the molecule is C[Si](C)C(C)(C)C.[BeH2]. The maximum atomic E-state index is 2.35. The summed E-state index contributed by atoms with van der Waals surface area (Å²) in [6, 6.07) is 0. The van der Waals surface area contributed by atoms with Crippen LogP contribution >= 0.6 is 0 Å². The maximum absolute atomic E-state index is 2.35. The van der Waals surface area contributed by atoms with Crippen LogP contribution < -0.4 is 0 Å². The number of rotatable bonds is 0. The van der Waals surface area contributed by atoms with E-state index >= 15 is 0 Å². The zero-order valence-electron chi connectivity index (χ0n) is 6.00. The van der Waals surface area contributed by atoms with Gasteiger partial charge < -0.3 is 0 Å². The van der Waals surface area contributed by atoms with Crippen molar-refractivity contribution in [1.29, 1.82) is 0 Å². The van der Waals surface area contributed by atoms with Crippen molar-refractivity contribution >= 4 is 18.9 Å². The number of hydrogen-bond donors (Lipinski definition) is 0. The van der Waals surface area contributed by atoms with Crippen LogP contribution in [0.15, 0.2) is 0 Å². The molecule has 0 aromatic rings. The van der Waals surface area contributed by atoms with Crippen LogP contribution in [0.5, 0.6) is 0 Å². The Hall–Kier alpha value is 0.386. The van der Waals surface area contributed by atoms with Gasteiger partial charge in [0.2, 0.25) is 0 Å². The molecule has 47 valence electrons. The van der Waals surface area contributed by atoms with Crippen LogP contribution in [0.4, 0.5) is 0 Å². The minimum atomic E-state index is -0.0502. The van der Waals surface area contributed by atoms with E-state index in [4.69, 9.17) is 0 Å². The third kappa shape index (κ3) is 4.54. The molecule has 0 bridgehead atoms. The van der Waals surface area contributed by atoms with Crippen LogP contribution in [0.2, 0.25) is 18.1 Å². The Balaban J connectivity index is 0. The topological polar surface area (TPSA) is 0 Å². The van der Waals surface area contributed by atoms with Gasteiger partial charge in [-0.1, -0.05) is 33.9 Å². The molecule has 0 aliphatic heterocycles. The van der Waals surface area contributed by atoms with E-state index < -0.39 is 0 Å². The van der Waals surface area contributed by atoms with Gasteiger partial charge in [0, 0.05) is 8.80 Å². The summed E-state index contributed by atoms with van der Waals surface area (Å²) < 4.78 is 0. The first-order chi connectivity index (χ1) is 2.94. The Morgan fingerprint density at radius 2 is 1.12 bits per heavy atom. The van der Waals surface area contributed by atoms with E-state index in [1.165, 1.54) is 0 Å². The molecule has 0 aliphatic rings. The van der Waals surface area contributed by atoms with E-state index in [0.29, 0.717) is 5.04 Å². The second kappa shape index (κ2) is 3.42. The van der Waals surface area contributed by atoms with Crippen LogP contribution in [0, 0.1) is 0 Å². The standard InChI is InChI=1S/C6H15Si.Be.2H/c1-6(2,3)7(4)5;;;/h1-5H3;;;. The summed E-state index contributed by atoms with van der Waals surface area (Å²) in [5.74, 6) is 0. The molecule has 0 saturated carbocycles. The van der Waals surface area contributed by atoms with Gasteiger partial charge in [-0.15, -0.1) is 0 Å². The van der Waals surface area contributed by atoms with Crippen molar-refractivity contribution in [2.24, 2.45) is 0 Å². The molecule has 0 unspecified atom stereocenters. The minimum absolute atomic E-state index is 0. The molecule has 0 aromatic carbocycles. The van der Waals surface area contributed by atoms with Crippen molar-refractivity contribution in [2.75, 3.05) is 0 Å². The van der Waals surface area contributed by atoms with E-state index in [1.54, 1.807) is 0 Å². The molecule has 2 heteroatoms. The van der Waals surface area contributed by atoms with Crippen molar-refractivity contribution in [1.82, 2.24) is 0 Å². The van der Waals surface area contributed by atoms with Crippen LogP contribution in [0.3, 0.4) is 0 Å². The molecule has 0 nitrogen and oxygen atoms in total. The van der Waals surface area contributed by atoms with Crippen molar-refractivity contribution < 1.29 is 0 Å². The summed E-state index contributed by atoms with van der Waals surface area (Å²) >= 11 is 0. The predicted molar refractivity (Wildman–Crippen MR) is 45.7 cm³/mol. The first-order valence-corrected chi connectivity index (χ1v) is 5.25. The van der Waals surface area contributed by atoms with Crippen molar-refractivity contribution in [3.05, 3.63) is 0 Å². The van der Waals surface area contributed by atoms with E-state index in [9.17, 15) is 0 Å². The van der Waals surface area contributed by atoms with Gasteiger partial charge >= 0.3 is 10.1 Å². The summed E-state index contributed by atoms with van der Waals surface area (Å²) in [6.45, 7) is 11.6. The molecular formula is C6H17BeSi. The molecule has 0 rings (SSSR count). The monoisotopic (exact) mass is 126 g/mol. The van der Waals surface area contributed by atoms with Crippen LogP contribution in [-0.2, 0) is 0 Å². The van der Waals surface area contributed by atoms with Crippen LogP contribution in [-0.4, -0.2) is 18.9 Å². The van der Waals surface area contributed by atoms with E-state index in [0.717, 1.165) is 0 Å². The molecule has 0 aromatic heterocycles. The second-order valence-electron chi connectivity index (χ2n) is 3.25.